The number of nitrogens with one attached hydrogen (secondary N) is 1. The Morgan fingerprint density at radius 3 is 2.19 bits per heavy atom. The number of anilines is 1. The normalized spacial score (nSPS) is 15.8. The van der Waals surface area contributed by atoms with Crippen LogP contribution >= 0.6 is 0 Å². The van der Waals surface area contributed by atoms with E-state index >= 15 is 0 Å². The molecular formula is C20H25F2N5O3S. The summed E-state index contributed by atoms with van der Waals surface area (Å²) in [6.45, 7) is 4.04. The molecular weight excluding hydrogens is 428 g/mol. The highest BCUT2D eigenvalue weighted by Gasteiger charge is 2.32. The third-order valence-corrected chi connectivity index (χ3v) is 7.55. The van der Waals surface area contributed by atoms with E-state index in [0.29, 0.717) is 31.6 Å². The van der Waals surface area contributed by atoms with Gasteiger partial charge in [-0.05, 0) is 38.8 Å². The Kier molecular flexibility index (Phi) is 6.85. The van der Waals surface area contributed by atoms with E-state index in [1.807, 2.05) is 0 Å². The molecule has 1 aromatic carbocycles. The summed E-state index contributed by atoms with van der Waals surface area (Å²) in [5.74, 6) is -1.34. The Bertz CT molecular complexity index is 1020. The van der Waals surface area contributed by atoms with Crippen LogP contribution in [0.3, 0.4) is 0 Å². The van der Waals surface area contributed by atoms with Crippen LogP contribution in [0.25, 0.3) is 11.4 Å². The summed E-state index contributed by atoms with van der Waals surface area (Å²) < 4.78 is 52.8. The van der Waals surface area contributed by atoms with E-state index < -0.39 is 26.9 Å². The second-order valence-electron chi connectivity index (χ2n) is 7.72. The highest BCUT2D eigenvalue weighted by atomic mass is 32.2. The lowest BCUT2D eigenvalue weighted by Gasteiger charge is -2.36. The first-order valence-corrected chi connectivity index (χ1v) is 11.4. The van der Waals surface area contributed by atoms with Gasteiger partial charge in [-0.3, -0.25) is 0 Å². The molecule has 1 aliphatic rings. The van der Waals surface area contributed by atoms with Crippen molar-refractivity contribution in [1.29, 1.82) is 0 Å². The number of amides is 2. The second kappa shape index (κ2) is 9.23. The number of hydrogen-bond donors (Lipinski definition) is 1. The van der Waals surface area contributed by atoms with Crippen molar-refractivity contribution < 1.29 is 22.0 Å². The van der Waals surface area contributed by atoms with Crippen LogP contribution in [0.1, 0.15) is 26.7 Å². The maximum absolute atomic E-state index is 13.4. The summed E-state index contributed by atoms with van der Waals surface area (Å²) in [4.78, 5) is 22.2. The predicted molar refractivity (Wildman–Crippen MR) is 113 cm³/mol. The molecule has 3 rings (SSSR count). The highest BCUT2D eigenvalue weighted by molar-refractivity contribution is 7.89. The molecule has 1 N–H and O–H groups in total. The molecule has 1 aromatic heterocycles. The van der Waals surface area contributed by atoms with Gasteiger partial charge in [-0.25, -0.2) is 36.3 Å². The number of carbonyl (C=O) groups excluding carboxylic acids is 1. The zero-order valence-electron chi connectivity index (χ0n) is 17.5. The number of halogens is 2. The molecule has 2 heterocycles. The molecule has 11 heteroatoms. The molecule has 8 nitrogen and oxygen atoms in total. The van der Waals surface area contributed by atoms with Gasteiger partial charge in [0.05, 0.1) is 23.3 Å². The Balaban J connectivity index is 1.59. The monoisotopic (exact) mass is 453 g/mol. The van der Waals surface area contributed by atoms with Crippen molar-refractivity contribution in [2.75, 3.05) is 25.5 Å². The van der Waals surface area contributed by atoms with E-state index in [2.05, 4.69) is 15.3 Å². The summed E-state index contributed by atoms with van der Waals surface area (Å²) in [7, 11) is -1.65. The molecule has 2 aromatic rings. The first-order valence-electron chi connectivity index (χ1n) is 9.89. The second-order valence-corrected chi connectivity index (χ2v) is 10.2. The first kappa shape index (κ1) is 23.0. The van der Waals surface area contributed by atoms with Gasteiger partial charge >= 0.3 is 6.03 Å². The molecule has 1 fully saturated rings. The van der Waals surface area contributed by atoms with Gasteiger partial charge in [0.25, 0.3) is 0 Å². The number of rotatable bonds is 5. The van der Waals surface area contributed by atoms with E-state index in [0.717, 1.165) is 18.2 Å². The average Bonchev–Trinajstić information content (AvgIpc) is 2.73. The third-order valence-electron chi connectivity index (χ3n) is 5.27. The molecule has 31 heavy (non-hydrogen) atoms. The van der Waals surface area contributed by atoms with Gasteiger partial charge in [-0.15, -0.1) is 0 Å². The van der Waals surface area contributed by atoms with Crippen LogP contribution < -0.4 is 5.32 Å². The van der Waals surface area contributed by atoms with Gasteiger partial charge in [-0.1, -0.05) is 0 Å². The molecule has 0 radical (unpaired) electrons. The lowest BCUT2D eigenvalue weighted by molar-refractivity contribution is 0.173. The number of benzene rings is 1. The Morgan fingerprint density at radius 2 is 1.68 bits per heavy atom. The summed E-state index contributed by atoms with van der Waals surface area (Å²) in [5.41, 5.74) is 0.521. The van der Waals surface area contributed by atoms with Gasteiger partial charge in [0, 0.05) is 37.8 Å². The molecule has 0 spiro atoms. The summed E-state index contributed by atoms with van der Waals surface area (Å²) in [6, 6.07) is 2.52. The Hall–Kier alpha value is -2.66. The molecule has 1 aliphatic heterocycles. The van der Waals surface area contributed by atoms with E-state index in [4.69, 9.17) is 0 Å². The number of urea groups is 1. The lowest BCUT2D eigenvalue weighted by Crippen LogP contribution is -2.49. The number of piperidine rings is 1. The SMILES string of the molecule is CC(C)S(=O)(=O)N1CCC(N(C)C(=O)Nc2cnc(-c3cc(F)cc(F)c3)nc2)CC1. The summed E-state index contributed by atoms with van der Waals surface area (Å²) >= 11 is 0. The molecule has 1 saturated heterocycles. The molecule has 0 unspecified atom stereocenters. The Morgan fingerprint density at radius 1 is 1.13 bits per heavy atom. The molecule has 168 valence electrons. The number of aromatic nitrogens is 2. The van der Waals surface area contributed by atoms with Gasteiger partial charge in [0.15, 0.2) is 5.82 Å². The molecule has 2 amide bonds. The van der Waals surface area contributed by atoms with Crippen molar-refractivity contribution in [3.05, 3.63) is 42.2 Å². The fourth-order valence-corrected chi connectivity index (χ4v) is 4.70. The lowest BCUT2D eigenvalue weighted by atomic mass is 10.1. The van der Waals surface area contributed by atoms with Crippen LogP contribution in [0, 0.1) is 11.6 Å². The summed E-state index contributed by atoms with van der Waals surface area (Å²) in [5, 5.41) is 2.21. The smallest absolute Gasteiger partial charge is 0.321 e. The van der Waals surface area contributed by atoms with E-state index in [9.17, 15) is 22.0 Å². The molecule has 0 bridgehead atoms. The number of sulfonamides is 1. The fourth-order valence-electron chi connectivity index (χ4n) is 3.38. The summed E-state index contributed by atoms with van der Waals surface area (Å²) in [6.07, 6.45) is 3.79. The minimum Gasteiger partial charge on any atom is -0.325 e. The molecule has 0 aliphatic carbocycles. The highest BCUT2D eigenvalue weighted by Crippen LogP contribution is 2.22. The van der Waals surface area contributed by atoms with Crippen molar-refractivity contribution in [2.24, 2.45) is 0 Å². The minimum atomic E-state index is -3.30. The quantitative estimate of drug-likeness (QED) is 0.751. The zero-order chi connectivity index (χ0) is 22.8. The van der Waals surface area contributed by atoms with Crippen molar-refractivity contribution >= 4 is 21.7 Å². The van der Waals surface area contributed by atoms with E-state index in [-0.39, 0.29) is 23.5 Å². The van der Waals surface area contributed by atoms with Crippen LogP contribution in [0.4, 0.5) is 19.3 Å². The Labute approximate surface area is 180 Å². The van der Waals surface area contributed by atoms with Crippen LogP contribution in [0.2, 0.25) is 0 Å². The molecule has 0 atom stereocenters. The number of hydrogen-bond acceptors (Lipinski definition) is 5. The first-order chi connectivity index (χ1) is 14.6. The van der Waals surface area contributed by atoms with Crippen molar-refractivity contribution in [1.82, 2.24) is 19.2 Å². The standard InChI is InChI=1S/C20H25F2N5O3S/c1-13(2)31(29,30)27-6-4-18(5-7-27)26(3)20(28)25-17-11-23-19(24-12-17)14-8-15(21)10-16(22)9-14/h8-13,18H,4-7H2,1-3H3,(H,25,28). The fraction of sp³-hybridized carbons (Fsp3) is 0.450. The molecule has 0 saturated carbocycles. The largest absolute Gasteiger partial charge is 0.325 e. The maximum Gasteiger partial charge on any atom is 0.321 e. The van der Waals surface area contributed by atoms with Gasteiger partial charge in [0.2, 0.25) is 10.0 Å². The zero-order valence-corrected chi connectivity index (χ0v) is 18.4. The predicted octanol–water partition coefficient (Wildman–Crippen LogP) is 3.09. The van der Waals surface area contributed by atoms with Crippen LogP contribution in [-0.4, -0.2) is 65.1 Å². The van der Waals surface area contributed by atoms with Gasteiger partial charge in [-0.2, -0.15) is 0 Å². The van der Waals surface area contributed by atoms with Crippen molar-refractivity contribution in [3.63, 3.8) is 0 Å². The average molecular weight is 454 g/mol. The maximum atomic E-state index is 13.4. The minimum absolute atomic E-state index is 0.103. The number of nitrogens with zero attached hydrogens (tertiary/aromatic N) is 4. The van der Waals surface area contributed by atoms with Gasteiger partial charge < -0.3 is 10.2 Å². The van der Waals surface area contributed by atoms with E-state index in [1.165, 1.54) is 21.6 Å². The van der Waals surface area contributed by atoms with Crippen molar-refractivity contribution in [2.45, 2.75) is 38.0 Å². The van der Waals surface area contributed by atoms with Crippen LogP contribution in [0.15, 0.2) is 30.6 Å². The topological polar surface area (TPSA) is 95.5 Å². The van der Waals surface area contributed by atoms with Crippen molar-refractivity contribution in [3.8, 4) is 11.4 Å². The van der Waals surface area contributed by atoms with E-state index in [1.54, 1.807) is 20.9 Å². The third kappa shape index (κ3) is 5.34. The van der Waals surface area contributed by atoms with Crippen LogP contribution in [0.5, 0.6) is 0 Å². The number of carbonyl (C=O) groups is 1. The van der Waals surface area contributed by atoms with Gasteiger partial charge in [0.1, 0.15) is 11.6 Å². The van der Waals surface area contributed by atoms with Crippen LogP contribution in [-0.2, 0) is 10.0 Å².